The lowest BCUT2D eigenvalue weighted by molar-refractivity contribution is 0.0794. The summed E-state index contributed by atoms with van der Waals surface area (Å²) in [6.07, 6.45) is 4.29. The summed E-state index contributed by atoms with van der Waals surface area (Å²) in [7, 11) is 1.63. The molecule has 240 valence electrons. The van der Waals surface area contributed by atoms with Crippen molar-refractivity contribution in [2.45, 2.75) is 18.9 Å². The van der Waals surface area contributed by atoms with E-state index in [2.05, 4.69) is 10.3 Å². The quantitative estimate of drug-likeness (QED) is 0.237. The average Bonchev–Trinajstić information content (AvgIpc) is 3.76. The predicted octanol–water partition coefficient (Wildman–Crippen LogP) is 5.70. The summed E-state index contributed by atoms with van der Waals surface area (Å²) in [5.41, 5.74) is 1.98. The lowest BCUT2D eigenvalue weighted by Crippen LogP contribution is -2.37. The number of carbonyl (C=O) groups is 2. The Balaban J connectivity index is 1.12. The molecule has 48 heavy (non-hydrogen) atoms. The molecule has 2 aliphatic rings. The van der Waals surface area contributed by atoms with Crippen LogP contribution in [0.3, 0.4) is 0 Å². The van der Waals surface area contributed by atoms with Crippen molar-refractivity contribution in [1.29, 1.82) is 0 Å². The van der Waals surface area contributed by atoms with Crippen LogP contribution in [-0.4, -0.2) is 59.0 Å². The summed E-state index contributed by atoms with van der Waals surface area (Å²) in [5.74, 6) is -0.625. The molecule has 8 rings (SSSR count). The Morgan fingerprint density at radius 2 is 1.88 bits per heavy atom. The molecule has 0 spiro atoms. The molecule has 11 heteroatoms. The van der Waals surface area contributed by atoms with Crippen LogP contribution in [-0.2, 0) is 6.42 Å². The Labute approximate surface area is 274 Å². The molecular formula is C37H30FN5O5. The number of carbonyl (C=O) groups excluding carboxylic acids is 2. The molecule has 5 heterocycles. The first-order valence-electron chi connectivity index (χ1n) is 15.7. The van der Waals surface area contributed by atoms with E-state index in [0.717, 1.165) is 11.1 Å². The van der Waals surface area contributed by atoms with Gasteiger partial charge in [-0.25, -0.2) is 4.39 Å². The summed E-state index contributed by atoms with van der Waals surface area (Å²) < 4.78 is 30.0. The Morgan fingerprint density at radius 1 is 1.06 bits per heavy atom. The molecule has 1 fully saturated rings. The number of halogens is 1. The number of likely N-dealkylation sites (N-methyl/N-ethyl adjacent to an activating group) is 1. The molecule has 1 N–H and O–H groups in total. The van der Waals surface area contributed by atoms with Crippen molar-refractivity contribution in [2.75, 3.05) is 31.6 Å². The predicted molar refractivity (Wildman–Crippen MR) is 179 cm³/mol. The van der Waals surface area contributed by atoms with Crippen LogP contribution >= 0.6 is 0 Å². The summed E-state index contributed by atoms with van der Waals surface area (Å²) >= 11 is 0. The van der Waals surface area contributed by atoms with Gasteiger partial charge in [-0.05, 0) is 48.9 Å². The molecule has 2 aliphatic heterocycles. The largest absolute Gasteiger partial charge is 0.451 e. The van der Waals surface area contributed by atoms with E-state index in [0.29, 0.717) is 55.0 Å². The Morgan fingerprint density at radius 3 is 2.71 bits per heavy atom. The fraction of sp³-hybridized carbons (Fsp3) is 0.189. The van der Waals surface area contributed by atoms with E-state index < -0.39 is 17.2 Å². The minimum atomic E-state index is -0.655. The number of pyridine rings is 2. The zero-order chi connectivity index (χ0) is 32.9. The standard InChI is InChI=1S/C37H30FN5O5/c1-41(16-13-23-9-6-7-15-39-23)37(46)26-21-43-28-10-3-5-12-30(28)48-35-32(43)25(34(26)44)19-27(38)33(35)42-17-14-24(20-42)40-36(45)31-18-22-8-2-4-11-29(22)47-31/h2-12,15,18-19,21,24H,13-14,16-17,20H2,1H3,(H,40,45). The van der Waals surface area contributed by atoms with Crippen molar-refractivity contribution < 1.29 is 23.1 Å². The number of benzene rings is 3. The van der Waals surface area contributed by atoms with Gasteiger partial charge in [-0.3, -0.25) is 19.4 Å². The second-order valence-electron chi connectivity index (χ2n) is 12.1. The third kappa shape index (κ3) is 5.04. The van der Waals surface area contributed by atoms with Gasteiger partial charge < -0.3 is 28.8 Å². The van der Waals surface area contributed by atoms with Crippen LogP contribution in [0.4, 0.5) is 10.1 Å². The highest BCUT2D eigenvalue weighted by atomic mass is 19.1. The van der Waals surface area contributed by atoms with Gasteiger partial charge in [0.15, 0.2) is 23.1 Å². The summed E-state index contributed by atoms with van der Waals surface area (Å²) in [5, 5.41) is 3.88. The molecule has 2 amide bonds. The highest BCUT2D eigenvalue weighted by molar-refractivity contribution is 6.01. The van der Waals surface area contributed by atoms with Crippen LogP contribution in [0, 0.1) is 5.82 Å². The van der Waals surface area contributed by atoms with Crippen LogP contribution in [0.5, 0.6) is 11.5 Å². The molecule has 1 atom stereocenters. The first-order valence-corrected chi connectivity index (χ1v) is 15.7. The van der Waals surface area contributed by atoms with Gasteiger partial charge in [0.25, 0.3) is 11.8 Å². The number of nitrogens with one attached hydrogen (secondary N) is 1. The molecule has 0 aliphatic carbocycles. The van der Waals surface area contributed by atoms with Crippen molar-refractivity contribution in [1.82, 2.24) is 19.8 Å². The minimum absolute atomic E-state index is 0.0404. The van der Waals surface area contributed by atoms with Crippen molar-refractivity contribution >= 4 is 39.4 Å². The van der Waals surface area contributed by atoms with Gasteiger partial charge in [0, 0.05) is 62.6 Å². The van der Waals surface area contributed by atoms with Gasteiger partial charge >= 0.3 is 0 Å². The second-order valence-corrected chi connectivity index (χ2v) is 12.1. The van der Waals surface area contributed by atoms with Gasteiger partial charge in [-0.1, -0.05) is 36.4 Å². The summed E-state index contributed by atoms with van der Waals surface area (Å²) in [6.45, 7) is 1.09. The first-order chi connectivity index (χ1) is 23.4. The molecule has 0 bridgehead atoms. The number of ether oxygens (including phenoxy) is 1. The van der Waals surface area contributed by atoms with Crippen LogP contribution in [0.15, 0.2) is 100 Å². The van der Waals surface area contributed by atoms with Gasteiger partial charge in [-0.15, -0.1) is 0 Å². The molecule has 3 aromatic heterocycles. The van der Waals surface area contributed by atoms with Crippen molar-refractivity contribution in [3.63, 3.8) is 0 Å². The van der Waals surface area contributed by atoms with E-state index >= 15 is 4.39 Å². The molecule has 1 saturated heterocycles. The fourth-order valence-electron chi connectivity index (χ4n) is 6.57. The average molecular weight is 644 g/mol. The number of furan rings is 1. The highest BCUT2D eigenvalue weighted by Crippen LogP contribution is 2.47. The normalized spacial score (nSPS) is 15.0. The highest BCUT2D eigenvalue weighted by Gasteiger charge is 2.34. The first kappa shape index (κ1) is 29.4. The third-order valence-corrected chi connectivity index (χ3v) is 9.00. The number of rotatable bonds is 7. The molecular weight excluding hydrogens is 613 g/mol. The smallest absolute Gasteiger partial charge is 0.287 e. The molecule has 10 nitrogen and oxygen atoms in total. The van der Waals surface area contributed by atoms with Crippen molar-refractivity contribution in [2.24, 2.45) is 0 Å². The maximum Gasteiger partial charge on any atom is 0.287 e. The van der Waals surface area contributed by atoms with Crippen molar-refractivity contribution in [3.8, 4) is 17.2 Å². The fourth-order valence-corrected chi connectivity index (χ4v) is 6.57. The molecule has 0 saturated carbocycles. The van der Waals surface area contributed by atoms with E-state index in [4.69, 9.17) is 9.15 Å². The number of anilines is 1. The number of hydrogen-bond acceptors (Lipinski definition) is 7. The molecule has 3 aromatic carbocycles. The topological polar surface area (TPSA) is 110 Å². The zero-order valence-electron chi connectivity index (χ0n) is 26.0. The lowest BCUT2D eigenvalue weighted by Gasteiger charge is -2.29. The number of fused-ring (bicyclic) bond motifs is 3. The van der Waals surface area contributed by atoms with E-state index in [1.54, 1.807) is 42.1 Å². The number of aromatic nitrogens is 2. The number of nitrogens with zero attached hydrogens (tertiary/aromatic N) is 4. The van der Waals surface area contributed by atoms with Gasteiger partial charge in [0.05, 0.1) is 11.1 Å². The van der Waals surface area contributed by atoms with Gasteiger partial charge in [-0.2, -0.15) is 0 Å². The molecule has 6 aromatic rings. The Hall–Kier alpha value is -5.97. The number of hydrogen-bond donors (Lipinski definition) is 1. The minimum Gasteiger partial charge on any atom is -0.451 e. The van der Waals surface area contributed by atoms with Crippen LogP contribution in [0.1, 0.15) is 33.0 Å². The van der Waals surface area contributed by atoms with E-state index in [-0.39, 0.29) is 40.1 Å². The zero-order valence-corrected chi connectivity index (χ0v) is 26.0. The molecule has 1 unspecified atom stereocenters. The monoisotopic (exact) mass is 643 g/mol. The summed E-state index contributed by atoms with van der Waals surface area (Å²) in [4.78, 5) is 48.2. The van der Waals surface area contributed by atoms with E-state index in [9.17, 15) is 14.4 Å². The van der Waals surface area contributed by atoms with Crippen molar-refractivity contribution in [3.05, 3.63) is 124 Å². The second kappa shape index (κ2) is 11.7. The lowest BCUT2D eigenvalue weighted by atomic mass is 10.1. The Kier molecular flexibility index (Phi) is 7.16. The van der Waals surface area contributed by atoms with Crippen LogP contribution in [0.2, 0.25) is 0 Å². The maximum atomic E-state index is 16.2. The SMILES string of the molecule is CN(CCc1ccccn1)C(=O)c1cn2c3c(c(N4CCC(NC(=O)c5cc6ccccc6o5)C4)c(F)cc3c1=O)Oc1ccccc1-2. The van der Waals surface area contributed by atoms with Gasteiger partial charge in [0.1, 0.15) is 22.4 Å². The van der Waals surface area contributed by atoms with Crippen LogP contribution in [0.25, 0.3) is 27.6 Å². The number of amides is 2. The van der Waals surface area contributed by atoms with E-state index in [1.807, 2.05) is 53.4 Å². The van der Waals surface area contributed by atoms with E-state index in [1.165, 1.54) is 17.2 Å². The van der Waals surface area contributed by atoms with Gasteiger partial charge in [0.2, 0.25) is 5.43 Å². The third-order valence-electron chi connectivity index (χ3n) is 9.00. The maximum absolute atomic E-state index is 16.2. The summed E-state index contributed by atoms with van der Waals surface area (Å²) in [6, 6.07) is 22.8. The number of para-hydroxylation sites is 3. The molecule has 0 radical (unpaired) electrons. The van der Waals surface area contributed by atoms with Crippen LogP contribution < -0.4 is 20.4 Å². The Bertz CT molecular complexity index is 2270.